The normalized spacial score (nSPS) is 11.7. The summed E-state index contributed by atoms with van der Waals surface area (Å²) in [6.45, 7) is 2.02. The monoisotopic (exact) mass is 419 g/mol. The van der Waals surface area contributed by atoms with Crippen molar-refractivity contribution in [3.05, 3.63) is 94.9 Å². The highest BCUT2D eigenvalue weighted by Gasteiger charge is 2.22. The summed E-state index contributed by atoms with van der Waals surface area (Å²) in [6, 6.07) is 18.8. The molecule has 7 heteroatoms. The van der Waals surface area contributed by atoms with Crippen molar-refractivity contribution in [2.45, 2.75) is 13.0 Å². The molecular weight excluding hydrogens is 398 g/mol. The number of carbonyl (C=O) groups is 1. The van der Waals surface area contributed by atoms with E-state index < -0.39 is 0 Å². The molecule has 0 bridgehead atoms. The number of thiophene rings is 1. The predicted molar refractivity (Wildman–Crippen MR) is 118 cm³/mol. The molecule has 3 heterocycles. The molecule has 6 nitrogen and oxygen atoms in total. The topological polar surface area (TPSA) is 76.4 Å². The molecule has 0 radical (unpaired) electrons. The molecule has 152 valence electrons. The molecule has 0 unspecified atom stereocenters. The number of carbonyl (C=O) groups excluding carboxylic acids is 1. The minimum absolute atomic E-state index is 0.220. The Kier molecular flexibility index (Phi) is 5.81. The molecule has 0 aliphatic rings. The lowest BCUT2D eigenvalue weighted by Crippen LogP contribution is -2.16. The van der Waals surface area contributed by atoms with Crippen molar-refractivity contribution in [3.8, 4) is 5.75 Å². The molecular formula is C23H21N3O3S. The second-order valence-corrected chi connectivity index (χ2v) is 7.89. The summed E-state index contributed by atoms with van der Waals surface area (Å²) in [4.78, 5) is 18.1. The van der Waals surface area contributed by atoms with E-state index in [-0.39, 0.29) is 17.7 Å². The summed E-state index contributed by atoms with van der Waals surface area (Å²) >= 11 is 1.52. The smallest absolute Gasteiger partial charge is 0.291 e. The second kappa shape index (κ2) is 8.84. The van der Waals surface area contributed by atoms with E-state index in [0.717, 1.165) is 32.6 Å². The van der Waals surface area contributed by atoms with Gasteiger partial charge in [-0.3, -0.25) is 4.79 Å². The quantitative estimate of drug-likeness (QED) is 0.413. The van der Waals surface area contributed by atoms with Gasteiger partial charge in [0.2, 0.25) is 0 Å². The van der Waals surface area contributed by atoms with Crippen LogP contribution in [-0.2, 0) is 0 Å². The summed E-state index contributed by atoms with van der Waals surface area (Å²) < 4.78 is 10.5. The highest BCUT2D eigenvalue weighted by Crippen LogP contribution is 2.38. The van der Waals surface area contributed by atoms with Gasteiger partial charge in [0.15, 0.2) is 5.76 Å². The Hall–Kier alpha value is -3.58. The first-order chi connectivity index (χ1) is 14.6. The molecule has 0 saturated carbocycles. The lowest BCUT2D eigenvalue weighted by atomic mass is 9.99. The van der Waals surface area contributed by atoms with Crippen molar-refractivity contribution >= 4 is 28.1 Å². The van der Waals surface area contributed by atoms with E-state index >= 15 is 0 Å². The number of furan rings is 1. The first-order valence-electron chi connectivity index (χ1n) is 9.41. The summed E-state index contributed by atoms with van der Waals surface area (Å²) in [5.74, 6) is 1.51. The number of aromatic nitrogens is 1. The van der Waals surface area contributed by atoms with Crippen LogP contribution >= 0.6 is 11.3 Å². The fourth-order valence-corrected chi connectivity index (χ4v) is 4.10. The average Bonchev–Trinajstić information content (AvgIpc) is 3.43. The van der Waals surface area contributed by atoms with Crippen molar-refractivity contribution in [3.63, 3.8) is 0 Å². The van der Waals surface area contributed by atoms with Gasteiger partial charge in [-0.15, -0.1) is 11.3 Å². The highest BCUT2D eigenvalue weighted by molar-refractivity contribution is 7.16. The number of benzene rings is 1. The van der Waals surface area contributed by atoms with Crippen LogP contribution in [0.15, 0.2) is 77.5 Å². The van der Waals surface area contributed by atoms with Crippen LogP contribution in [0.5, 0.6) is 5.75 Å². The average molecular weight is 420 g/mol. The number of amides is 1. The zero-order chi connectivity index (χ0) is 20.9. The molecule has 2 N–H and O–H groups in total. The van der Waals surface area contributed by atoms with Crippen molar-refractivity contribution in [2.75, 3.05) is 17.7 Å². The van der Waals surface area contributed by atoms with Gasteiger partial charge in [0.05, 0.1) is 19.4 Å². The SMILES string of the molecule is COc1ccc([C@H](Nc2ccccn2)c2cc(C)sc2NC(=O)c2ccco2)cc1. The molecule has 0 saturated heterocycles. The molecule has 0 aliphatic carbocycles. The third-order valence-electron chi connectivity index (χ3n) is 4.57. The zero-order valence-corrected chi connectivity index (χ0v) is 17.4. The summed E-state index contributed by atoms with van der Waals surface area (Å²) in [7, 11) is 1.64. The maximum Gasteiger partial charge on any atom is 0.291 e. The number of hydrogen-bond acceptors (Lipinski definition) is 6. The fourth-order valence-electron chi connectivity index (χ4n) is 3.15. The van der Waals surface area contributed by atoms with Gasteiger partial charge in [0.25, 0.3) is 5.91 Å². The van der Waals surface area contributed by atoms with Gasteiger partial charge in [-0.05, 0) is 55.0 Å². The largest absolute Gasteiger partial charge is 0.497 e. The van der Waals surface area contributed by atoms with Crippen LogP contribution in [0.25, 0.3) is 0 Å². The number of ether oxygens (including phenoxy) is 1. The van der Waals surface area contributed by atoms with Crippen molar-refractivity contribution in [1.82, 2.24) is 4.98 Å². The van der Waals surface area contributed by atoms with Gasteiger partial charge in [0, 0.05) is 16.6 Å². The maximum absolute atomic E-state index is 12.6. The van der Waals surface area contributed by atoms with Crippen LogP contribution < -0.4 is 15.4 Å². The zero-order valence-electron chi connectivity index (χ0n) is 16.6. The van der Waals surface area contributed by atoms with E-state index in [1.165, 1.54) is 17.6 Å². The third kappa shape index (κ3) is 4.36. The number of nitrogens with one attached hydrogen (secondary N) is 2. The number of methoxy groups -OCH3 is 1. The standard InChI is InChI=1S/C23H21N3O3S/c1-15-14-18(23(30-15)26-22(27)19-6-5-13-29-19)21(25-20-7-3-4-12-24-20)16-8-10-17(28-2)11-9-16/h3-14,21H,1-2H3,(H,24,25)(H,26,27)/t21-/m0/s1. The van der Waals surface area contributed by atoms with Crippen molar-refractivity contribution in [1.29, 1.82) is 0 Å². The molecule has 0 fully saturated rings. The number of anilines is 2. The molecule has 4 rings (SSSR count). The van der Waals surface area contributed by atoms with Crippen LogP contribution in [0.1, 0.15) is 32.6 Å². The molecule has 0 aliphatic heterocycles. The van der Waals surface area contributed by atoms with Gasteiger partial charge in [0.1, 0.15) is 16.6 Å². The molecule has 1 amide bonds. The van der Waals surface area contributed by atoms with Crippen LogP contribution in [0.4, 0.5) is 10.8 Å². The highest BCUT2D eigenvalue weighted by atomic mass is 32.1. The summed E-state index contributed by atoms with van der Waals surface area (Å²) in [5.41, 5.74) is 1.97. The third-order valence-corrected chi connectivity index (χ3v) is 5.56. The van der Waals surface area contributed by atoms with Gasteiger partial charge < -0.3 is 19.8 Å². The van der Waals surface area contributed by atoms with Gasteiger partial charge >= 0.3 is 0 Å². The Morgan fingerprint density at radius 1 is 1.13 bits per heavy atom. The molecule has 4 aromatic rings. The number of nitrogens with zero attached hydrogens (tertiary/aromatic N) is 1. The minimum atomic E-state index is -0.283. The van der Waals surface area contributed by atoms with E-state index in [2.05, 4.69) is 21.7 Å². The predicted octanol–water partition coefficient (Wildman–Crippen LogP) is 5.51. The van der Waals surface area contributed by atoms with E-state index in [4.69, 9.17) is 9.15 Å². The molecule has 1 aromatic carbocycles. The molecule has 3 aromatic heterocycles. The van der Waals surface area contributed by atoms with Gasteiger partial charge in [-0.2, -0.15) is 0 Å². The number of hydrogen-bond donors (Lipinski definition) is 2. The first-order valence-corrected chi connectivity index (χ1v) is 10.2. The van der Waals surface area contributed by atoms with Crippen molar-refractivity contribution < 1.29 is 13.9 Å². The Bertz CT molecular complexity index is 1110. The van der Waals surface area contributed by atoms with Crippen LogP contribution in [0.3, 0.4) is 0 Å². The summed E-state index contributed by atoms with van der Waals surface area (Å²) in [5, 5.41) is 7.25. The van der Waals surface area contributed by atoms with Crippen LogP contribution in [0, 0.1) is 6.92 Å². The number of rotatable bonds is 7. The Labute approximate surface area is 178 Å². The van der Waals surface area contributed by atoms with Crippen molar-refractivity contribution in [2.24, 2.45) is 0 Å². The van der Waals surface area contributed by atoms with Gasteiger partial charge in [-0.1, -0.05) is 18.2 Å². The van der Waals surface area contributed by atoms with Crippen LogP contribution in [0.2, 0.25) is 0 Å². The Morgan fingerprint density at radius 2 is 1.97 bits per heavy atom. The van der Waals surface area contributed by atoms with E-state index in [9.17, 15) is 4.79 Å². The number of pyridine rings is 1. The van der Waals surface area contributed by atoms with E-state index in [1.807, 2.05) is 49.4 Å². The van der Waals surface area contributed by atoms with E-state index in [1.54, 1.807) is 25.4 Å². The minimum Gasteiger partial charge on any atom is -0.497 e. The molecule has 0 spiro atoms. The lowest BCUT2D eigenvalue weighted by molar-refractivity contribution is 0.0997. The molecule has 30 heavy (non-hydrogen) atoms. The van der Waals surface area contributed by atoms with E-state index in [0.29, 0.717) is 0 Å². The number of aryl methyl sites for hydroxylation is 1. The van der Waals surface area contributed by atoms with Crippen LogP contribution in [-0.4, -0.2) is 18.0 Å². The molecule has 1 atom stereocenters. The summed E-state index contributed by atoms with van der Waals surface area (Å²) in [6.07, 6.45) is 3.23. The van der Waals surface area contributed by atoms with Gasteiger partial charge in [-0.25, -0.2) is 4.98 Å². The fraction of sp³-hybridized carbons (Fsp3) is 0.130. The lowest BCUT2D eigenvalue weighted by Gasteiger charge is -2.21. The second-order valence-electron chi connectivity index (χ2n) is 6.64. The maximum atomic E-state index is 12.6. The Balaban J connectivity index is 1.71. The first kappa shape index (κ1) is 19.7. The Morgan fingerprint density at radius 3 is 2.63 bits per heavy atom.